The van der Waals surface area contributed by atoms with Crippen molar-refractivity contribution in [2.75, 3.05) is 6.61 Å². The lowest BCUT2D eigenvalue weighted by atomic mass is 9.97. The molecular weight excluding hydrogens is 498 g/mol. The Kier molecular flexibility index (Phi) is 9.78. The van der Waals surface area contributed by atoms with Crippen LogP contribution in [-0.2, 0) is 49.1 Å². The number of hydrogen-bond acceptors (Lipinski definition) is 7. The highest BCUT2D eigenvalue weighted by molar-refractivity contribution is 7.83. The second kappa shape index (κ2) is 13.2. The van der Waals surface area contributed by atoms with Crippen molar-refractivity contribution in [1.82, 2.24) is 4.72 Å². The average molecular weight is 530 g/mol. The van der Waals surface area contributed by atoms with E-state index in [2.05, 4.69) is 0 Å². The minimum absolute atomic E-state index is 0.0508. The molecule has 0 aromatic heterocycles. The summed E-state index contributed by atoms with van der Waals surface area (Å²) in [4.78, 5) is 0. The number of rotatable bonds is 12. The number of benzene rings is 3. The molecular formula is C27H31NO8S. The second-order valence-electron chi connectivity index (χ2n) is 8.71. The summed E-state index contributed by atoms with van der Waals surface area (Å²) in [5.74, 6) is 0. The standard InChI is InChI=1S/C27H31NO8S/c29-27-24(28-37(30,31)32)26(35-18-22-14-8-3-9-15-22)25(34-17-21-12-6-2-7-13-21)23(36-27)19-33-16-20-10-4-1-5-11-20/h1-15,23-29H,16-19H2,(H,30,31,32)/t23-,24-,25-,26-,27-/m1/s1. The van der Waals surface area contributed by atoms with Gasteiger partial charge in [0.05, 0.1) is 26.4 Å². The Morgan fingerprint density at radius 2 is 1.19 bits per heavy atom. The third kappa shape index (κ3) is 8.42. The van der Waals surface area contributed by atoms with Gasteiger partial charge in [0.25, 0.3) is 0 Å². The number of aliphatic hydroxyl groups excluding tert-OH is 1. The second-order valence-corrected chi connectivity index (χ2v) is 9.89. The van der Waals surface area contributed by atoms with E-state index in [0.717, 1.165) is 16.7 Å². The predicted molar refractivity (Wildman–Crippen MR) is 135 cm³/mol. The van der Waals surface area contributed by atoms with Crippen LogP contribution in [0.5, 0.6) is 0 Å². The van der Waals surface area contributed by atoms with Gasteiger partial charge in [0, 0.05) is 0 Å². The quantitative estimate of drug-likeness (QED) is 0.306. The molecule has 1 aliphatic rings. The molecule has 37 heavy (non-hydrogen) atoms. The molecule has 3 N–H and O–H groups in total. The molecule has 3 aromatic carbocycles. The first-order valence-electron chi connectivity index (χ1n) is 11.9. The molecule has 1 fully saturated rings. The minimum Gasteiger partial charge on any atom is -0.374 e. The SMILES string of the molecule is O=S(=O)(O)N[C@@H]1[C@@H](OCc2ccccc2)[C@H](OCc2ccccc2)[C@@H](COCc2ccccc2)O[C@H]1O. The maximum Gasteiger partial charge on any atom is 0.333 e. The third-order valence-corrected chi connectivity index (χ3v) is 6.48. The van der Waals surface area contributed by atoms with Gasteiger partial charge in [-0.05, 0) is 16.7 Å². The molecule has 0 amide bonds. The van der Waals surface area contributed by atoms with Crippen LogP contribution in [0, 0.1) is 0 Å². The van der Waals surface area contributed by atoms with Crippen molar-refractivity contribution in [3.8, 4) is 0 Å². The molecule has 0 saturated carbocycles. The Balaban J connectivity index is 1.56. The van der Waals surface area contributed by atoms with Gasteiger partial charge in [-0.15, -0.1) is 0 Å². The van der Waals surface area contributed by atoms with Crippen LogP contribution in [-0.4, -0.2) is 55.3 Å². The predicted octanol–water partition coefficient (Wildman–Crippen LogP) is 2.85. The normalized spacial score (nSPS) is 24.1. The number of ether oxygens (including phenoxy) is 4. The van der Waals surface area contributed by atoms with Crippen molar-refractivity contribution < 1.29 is 37.0 Å². The van der Waals surface area contributed by atoms with E-state index in [9.17, 15) is 18.1 Å². The van der Waals surface area contributed by atoms with Crippen LogP contribution in [0.1, 0.15) is 16.7 Å². The van der Waals surface area contributed by atoms with Crippen LogP contribution < -0.4 is 4.72 Å². The van der Waals surface area contributed by atoms with E-state index in [1.165, 1.54) is 0 Å². The Hall–Kier alpha value is -2.67. The molecule has 0 spiro atoms. The molecule has 0 aliphatic carbocycles. The molecule has 0 bridgehead atoms. The first kappa shape index (κ1) is 27.4. The summed E-state index contributed by atoms with van der Waals surface area (Å²) in [6.45, 7) is 0.661. The van der Waals surface area contributed by atoms with Crippen LogP contribution in [0.15, 0.2) is 91.0 Å². The van der Waals surface area contributed by atoms with Crippen molar-refractivity contribution in [2.45, 2.75) is 50.5 Å². The fourth-order valence-corrected chi connectivity index (χ4v) is 4.75. The zero-order valence-corrected chi connectivity index (χ0v) is 20.9. The van der Waals surface area contributed by atoms with E-state index in [-0.39, 0.29) is 19.8 Å². The van der Waals surface area contributed by atoms with Crippen LogP contribution in [0.25, 0.3) is 0 Å². The summed E-state index contributed by atoms with van der Waals surface area (Å²) in [6.07, 6.45) is -4.27. The van der Waals surface area contributed by atoms with Crippen molar-refractivity contribution in [2.24, 2.45) is 0 Å². The van der Waals surface area contributed by atoms with Crippen molar-refractivity contribution >= 4 is 10.3 Å². The lowest BCUT2D eigenvalue weighted by Crippen LogP contribution is -2.65. The van der Waals surface area contributed by atoms with Crippen LogP contribution >= 0.6 is 0 Å². The summed E-state index contributed by atoms with van der Waals surface area (Å²) in [5.41, 5.74) is 2.69. The number of nitrogens with one attached hydrogen (secondary N) is 1. The largest absolute Gasteiger partial charge is 0.374 e. The minimum atomic E-state index is -4.69. The summed E-state index contributed by atoms with van der Waals surface area (Å²) in [5, 5.41) is 10.7. The summed E-state index contributed by atoms with van der Waals surface area (Å²) in [6, 6.07) is 27.0. The molecule has 5 atom stereocenters. The lowest BCUT2D eigenvalue weighted by molar-refractivity contribution is -0.276. The Bertz CT molecular complexity index is 1180. The Morgan fingerprint density at radius 3 is 1.68 bits per heavy atom. The van der Waals surface area contributed by atoms with Crippen molar-refractivity contribution in [3.05, 3.63) is 108 Å². The zero-order chi connectivity index (χ0) is 26.1. The van der Waals surface area contributed by atoms with E-state index in [1.54, 1.807) is 0 Å². The first-order chi connectivity index (χ1) is 17.9. The summed E-state index contributed by atoms with van der Waals surface area (Å²) in [7, 11) is -4.69. The number of aliphatic hydroxyl groups is 1. The molecule has 1 heterocycles. The molecule has 3 aromatic rings. The van der Waals surface area contributed by atoms with Gasteiger partial charge in [-0.3, -0.25) is 4.55 Å². The molecule has 1 aliphatic heterocycles. The van der Waals surface area contributed by atoms with Crippen LogP contribution in [0.2, 0.25) is 0 Å². The van der Waals surface area contributed by atoms with Gasteiger partial charge in [0.15, 0.2) is 6.29 Å². The smallest absolute Gasteiger partial charge is 0.333 e. The highest BCUT2D eigenvalue weighted by Crippen LogP contribution is 2.28. The number of hydrogen-bond donors (Lipinski definition) is 3. The van der Waals surface area contributed by atoms with E-state index in [0.29, 0.717) is 6.61 Å². The average Bonchev–Trinajstić information content (AvgIpc) is 2.89. The Labute approximate surface area is 216 Å². The maximum atomic E-state index is 11.7. The monoisotopic (exact) mass is 529 g/mol. The summed E-state index contributed by atoms with van der Waals surface area (Å²) >= 11 is 0. The Morgan fingerprint density at radius 1 is 0.730 bits per heavy atom. The fourth-order valence-electron chi connectivity index (χ4n) is 4.15. The molecule has 4 rings (SSSR count). The molecule has 9 nitrogen and oxygen atoms in total. The van der Waals surface area contributed by atoms with Gasteiger partial charge in [-0.1, -0.05) is 91.0 Å². The van der Waals surface area contributed by atoms with Gasteiger partial charge in [-0.2, -0.15) is 13.1 Å². The van der Waals surface area contributed by atoms with Gasteiger partial charge in [-0.25, -0.2) is 0 Å². The molecule has 0 radical (unpaired) electrons. The first-order valence-corrected chi connectivity index (χ1v) is 13.3. The maximum absolute atomic E-state index is 11.7. The fraction of sp³-hybridized carbons (Fsp3) is 0.333. The van der Waals surface area contributed by atoms with Gasteiger partial charge < -0.3 is 24.1 Å². The molecule has 1 saturated heterocycles. The third-order valence-electron chi connectivity index (χ3n) is 5.91. The van der Waals surface area contributed by atoms with E-state index >= 15 is 0 Å². The van der Waals surface area contributed by atoms with Crippen LogP contribution in [0.3, 0.4) is 0 Å². The van der Waals surface area contributed by atoms with E-state index in [1.807, 2.05) is 95.7 Å². The van der Waals surface area contributed by atoms with Gasteiger partial charge in [0.1, 0.15) is 24.4 Å². The topological polar surface area (TPSA) is 124 Å². The molecule has 10 heteroatoms. The van der Waals surface area contributed by atoms with Gasteiger partial charge in [0.2, 0.25) is 0 Å². The van der Waals surface area contributed by atoms with Gasteiger partial charge >= 0.3 is 10.3 Å². The van der Waals surface area contributed by atoms with E-state index in [4.69, 9.17) is 18.9 Å². The lowest BCUT2D eigenvalue weighted by Gasteiger charge is -2.44. The van der Waals surface area contributed by atoms with Crippen molar-refractivity contribution in [1.29, 1.82) is 0 Å². The highest BCUT2D eigenvalue weighted by Gasteiger charge is 2.48. The highest BCUT2D eigenvalue weighted by atomic mass is 32.2. The summed E-state index contributed by atoms with van der Waals surface area (Å²) < 4.78 is 58.9. The van der Waals surface area contributed by atoms with Crippen molar-refractivity contribution in [3.63, 3.8) is 0 Å². The molecule has 0 unspecified atom stereocenters. The zero-order valence-electron chi connectivity index (χ0n) is 20.1. The van der Waals surface area contributed by atoms with Crippen LogP contribution in [0.4, 0.5) is 0 Å². The molecule has 198 valence electrons. The van der Waals surface area contributed by atoms with E-state index < -0.39 is 40.9 Å².